The molecule has 0 aliphatic carbocycles. The smallest absolute Gasteiger partial charge is 0.220 e. The van der Waals surface area contributed by atoms with Crippen LogP contribution in [0.25, 0.3) is 0 Å². The average Bonchev–Trinajstić information content (AvgIpc) is 3.59. The molecule has 0 aromatic rings. The van der Waals surface area contributed by atoms with E-state index in [1.54, 1.807) is 0 Å². The molecule has 2 rings (SSSR count). The molecule has 2 aliphatic heterocycles. The molecule has 2 heterocycles. The lowest BCUT2D eigenvalue weighted by atomic mass is 9.97. The minimum Gasteiger partial charge on any atom is -0.379 e. The van der Waals surface area contributed by atoms with Gasteiger partial charge in [-0.3, -0.25) is 4.79 Å². The molecule has 2 fully saturated rings. The largest absolute Gasteiger partial charge is 0.379 e. The van der Waals surface area contributed by atoms with Crippen LogP contribution in [-0.2, 0) is 42.7 Å². The summed E-state index contributed by atoms with van der Waals surface area (Å²) < 4.78 is 52.8. The Morgan fingerprint density at radius 2 is 0.953 bits per heavy atom. The fourth-order valence-electron chi connectivity index (χ4n) is 9.02. The second-order valence-corrected chi connectivity index (χ2v) is 19.6. The van der Waals surface area contributed by atoms with Crippen molar-refractivity contribution in [2.75, 3.05) is 39.6 Å². The number of amides is 1. The molecule has 10 nitrogen and oxygen atoms in total. The fraction of sp³-hybridized carbons (Fsp3) is 0.981. The highest BCUT2D eigenvalue weighted by molar-refractivity contribution is 5.76. The molecule has 1 amide bonds. The number of rotatable bonds is 44. The molecule has 2 aliphatic rings. The van der Waals surface area contributed by atoms with E-state index in [2.05, 4.69) is 46.9 Å². The Hall–Kier alpha value is -0.850. The van der Waals surface area contributed by atoms with Crippen LogP contribution in [0.2, 0.25) is 0 Å². The molecule has 380 valence electrons. The van der Waals surface area contributed by atoms with Gasteiger partial charge in [0, 0.05) is 32.8 Å². The molecule has 0 aromatic carbocycles. The number of carbonyl (C=O) groups excluding carboxylic acids is 1. The van der Waals surface area contributed by atoms with Gasteiger partial charge in [-0.15, -0.1) is 0 Å². The van der Waals surface area contributed by atoms with Gasteiger partial charge in [0.2, 0.25) is 5.91 Å². The minimum absolute atomic E-state index is 0.0248. The lowest BCUT2D eigenvalue weighted by molar-refractivity contribution is -0.325. The van der Waals surface area contributed by atoms with Crippen LogP contribution < -0.4 is 5.32 Å². The molecule has 0 radical (unpaired) electrons. The maximum atomic E-state index is 13.7. The lowest BCUT2D eigenvalue weighted by Crippen LogP contribution is -2.63. The van der Waals surface area contributed by atoms with Gasteiger partial charge in [-0.1, -0.05) is 189 Å². The first kappa shape index (κ1) is 59.3. The van der Waals surface area contributed by atoms with Gasteiger partial charge in [-0.05, 0) is 52.4 Å². The summed E-state index contributed by atoms with van der Waals surface area (Å²) in [5.41, 5.74) is 0. The van der Waals surface area contributed by atoms with Gasteiger partial charge in [-0.2, -0.15) is 0 Å². The summed E-state index contributed by atoms with van der Waals surface area (Å²) in [4.78, 5) is 13.7. The highest BCUT2D eigenvalue weighted by Gasteiger charge is 2.50. The van der Waals surface area contributed by atoms with E-state index in [9.17, 15) is 4.79 Å². The second-order valence-electron chi connectivity index (χ2n) is 19.6. The Balaban J connectivity index is 2.01. The van der Waals surface area contributed by atoms with E-state index < -0.39 is 36.4 Å². The van der Waals surface area contributed by atoms with Gasteiger partial charge in [0.05, 0.1) is 25.4 Å². The van der Waals surface area contributed by atoms with E-state index in [1.165, 1.54) is 109 Å². The molecule has 0 spiro atoms. The maximum Gasteiger partial charge on any atom is 0.220 e. The lowest BCUT2D eigenvalue weighted by Gasteiger charge is -2.46. The van der Waals surface area contributed by atoms with Crippen LogP contribution in [0.5, 0.6) is 0 Å². The molecular weight excluding hydrogens is 807 g/mol. The Morgan fingerprint density at radius 3 is 1.45 bits per heavy atom. The van der Waals surface area contributed by atoms with E-state index >= 15 is 0 Å². The van der Waals surface area contributed by atoms with Gasteiger partial charge >= 0.3 is 0 Å². The molecule has 1 N–H and O–H groups in total. The first-order valence-corrected chi connectivity index (χ1v) is 27.6. The number of hydrogen-bond acceptors (Lipinski definition) is 9. The van der Waals surface area contributed by atoms with Crippen molar-refractivity contribution in [2.45, 2.75) is 303 Å². The molecule has 5 unspecified atom stereocenters. The average molecular weight is 912 g/mol. The number of ether oxygens (including phenoxy) is 8. The standard InChI is InChI=1S/C54H105NO9/c1-9-15-20-21-22-23-24-25-26-27-28-29-30-31-32-33-34-35-36-38-48(56)55-45(49-46(37-14-6)63-54(7,8)64-49)43-61-53-52(60-42-19-13-5)51(59-41-18-12-4)50(58-40-17-11-3)47(62-53)44-57-39-16-10-2/h45-47,49-53H,9-44H2,1-8H3,(H,55,56)/t45-,46+,47?,49-,50?,51?,52?,53?/m0/s1. The van der Waals surface area contributed by atoms with Crippen molar-refractivity contribution in [3.8, 4) is 0 Å². The van der Waals surface area contributed by atoms with Crippen LogP contribution in [0, 0.1) is 0 Å². The first-order valence-electron chi connectivity index (χ1n) is 27.6. The van der Waals surface area contributed by atoms with Gasteiger partial charge in [0.15, 0.2) is 12.1 Å². The third-order valence-corrected chi connectivity index (χ3v) is 12.9. The van der Waals surface area contributed by atoms with Crippen molar-refractivity contribution < 1.29 is 42.7 Å². The number of hydrogen-bond donors (Lipinski definition) is 1. The molecule has 64 heavy (non-hydrogen) atoms. The van der Waals surface area contributed by atoms with Gasteiger partial charge < -0.3 is 43.2 Å². The summed E-state index contributed by atoms with van der Waals surface area (Å²) in [6.45, 7) is 20.0. The Morgan fingerprint density at radius 1 is 0.500 bits per heavy atom. The Labute approximate surface area is 395 Å². The van der Waals surface area contributed by atoms with E-state index in [0.29, 0.717) is 39.5 Å². The monoisotopic (exact) mass is 912 g/mol. The zero-order valence-corrected chi connectivity index (χ0v) is 43.2. The maximum absolute atomic E-state index is 13.7. The van der Waals surface area contributed by atoms with Crippen LogP contribution in [0.1, 0.15) is 248 Å². The van der Waals surface area contributed by atoms with Crippen LogP contribution in [-0.4, -0.2) is 100 Å². The third-order valence-electron chi connectivity index (χ3n) is 12.9. The highest BCUT2D eigenvalue weighted by Crippen LogP contribution is 2.34. The third kappa shape index (κ3) is 26.6. The van der Waals surface area contributed by atoms with Crippen molar-refractivity contribution in [3.63, 3.8) is 0 Å². The van der Waals surface area contributed by atoms with E-state index in [0.717, 1.165) is 77.0 Å². The van der Waals surface area contributed by atoms with Crippen molar-refractivity contribution in [1.29, 1.82) is 0 Å². The van der Waals surface area contributed by atoms with Crippen molar-refractivity contribution >= 4 is 5.91 Å². The number of unbranched alkanes of at least 4 members (excludes halogenated alkanes) is 22. The Bertz CT molecular complexity index is 1060. The second kappa shape index (κ2) is 39.0. The zero-order chi connectivity index (χ0) is 46.5. The topological polar surface area (TPSA) is 103 Å². The van der Waals surface area contributed by atoms with Crippen LogP contribution in [0.4, 0.5) is 0 Å². The summed E-state index contributed by atoms with van der Waals surface area (Å²) in [5.74, 6) is -0.743. The van der Waals surface area contributed by atoms with Crippen LogP contribution >= 0.6 is 0 Å². The summed E-state index contributed by atoms with van der Waals surface area (Å²) in [5, 5.41) is 3.36. The van der Waals surface area contributed by atoms with E-state index in [1.807, 2.05) is 13.8 Å². The van der Waals surface area contributed by atoms with E-state index in [4.69, 9.17) is 37.9 Å². The number of carbonyl (C=O) groups is 1. The number of nitrogens with one attached hydrogen (secondary N) is 1. The first-order chi connectivity index (χ1) is 31.2. The van der Waals surface area contributed by atoms with Gasteiger partial charge in [0.1, 0.15) is 30.5 Å². The van der Waals surface area contributed by atoms with E-state index in [-0.39, 0.29) is 30.8 Å². The minimum atomic E-state index is -0.768. The molecule has 0 aromatic heterocycles. The predicted molar refractivity (Wildman–Crippen MR) is 263 cm³/mol. The Kier molecular flexibility index (Phi) is 36.2. The summed E-state index contributed by atoms with van der Waals surface area (Å²) in [6, 6.07) is -0.441. The van der Waals surface area contributed by atoms with Gasteiger partial charge in [0.25, 0.3) is 0 Å². The molecule has 8 atom stereocenters. The molecule has 10 heteroatoms. The summed E-state index contributed by atoms with van der Waals surface area (Å²) >= 11 is 0. The van der Waals surface area contributed by atoms with Crippen LogP contribution in [0.3, 0.4) is 0 Å². The molecule has 2 saturated heterocycles. The molecular formula is C54H105NO9. The highest BCUT2D eigenvalue weighted by atomic mass is 16.8. The van der Waals surface area contributed by atoms with Crippen molar-refractivity contribution in [1.82, 2.24) is 5.32 Å². The van der Waals surface area contributed by atoms with Crippen molar-refractivity contribution in [2.24, 2.45) is 0 Å². The van der Waals surface area contributed by atoms with Crippen LogP contribution in [0.15, 0.2) is 0 Å². The SMILES string of the molecule is CCCCCCCCCCCCCCCCCCCCCC(=O)N[C@@H](COC1OC(COCCCC)C(OCCCC)C(OCCCC)C1OCCCC)[C@@H]1OC(C)(C)O[C@@H]1CCC. The quantitative estimate of drug-likeness (QED) is 0.0599. The predicted octanol–water partition coefficient (Wildman–Crippen LogP) is 13.7. The summed E-state index contributed by atoms with van der Waals surface area (Å²) in [7, 11) is 0. The normalized spacial score (nSPS) is 23.8. The fourth-order valence-corrected chi connectivity index (χ4v) is 9.02. The van der Waals surface area contributed by atoms with Crippen molar-refractivity contribution in [3.05, 3.63) is 0 Å². The molecule has 0 saturated carbocycles. The summed E-state index contributed by atoms with van der Waals surface area (Å²) in [6.07, 6.45) is 32.4. The van der Waals surface area contributed by atoms with Gasteiger partial charge in [-0.25, -0.2) is 0 Å². The molecule has 0 bridgehead atoms. The zero-order valence-electron chi connectivity index (χ0n) is 43.2.